The minimum Gasteiger partial charge on any atom is -0.488 e. The molecule has 0 bridgehead atoms. The Kier molecular flexibility index (Phi) is 8.37. The summed E-state index contributed by atoms with van der Waals surface area (Å²) in [6, 6.07) is 21.3. The molecule has 1 aliphatic carbocycles. The van der Waals surface area contributed by atoms with E-state index in [9.17, 15) is 19.2 Å². The van der Waals surface area contributed by atoms with Gasteiger partial charge in [0.25, 0.3) is 5.91 Å². The fraction of sp³-hybridized carbons (Fsp3) is 0.267. The summed E-state index contributed by atoms with van der Waals surface area (Å²) in [4.78, 5) is 48.2. The molecule has 0 spiro atoms. The minimum absolute atomic E-state index is 0.0347. The number of benzene rings is 3. The lowest BCUT2D eigenvalue weighted by Crippen LogP contribution is -2.54. The van der Waals surface area contributed by atoms with Gasteiger partial charge in [-0.1, -0.05) is 60.7 Å². The van der Waals surface area contributed by atoms with Gasteiger partial charge in [0.05, 0.1) is 0 Å². The number of hydrogen-bond donors (Lipinski definition) is 4. The molecular formula is C30H31N3O7. The van der Waals surface area contributed by atoms with Gasteiger partial charge in [-0.05, 0) is 60.7 Å². The van der Waals surface area contributed by atoms with Crippen molar-refractivity contribution in [3.63, 3.8) is 0 Å². The summed E-state index contributed by atoms with van der Waals surface area (Å²) in [5.74, 6) is -3.46. The summed E-state index contributed by atoms with van der Waals surface area (Å²) in [7, 11) is 0. The first-order valence-corrected chi connectivity index (χ1v) is 12.7. The van der Waals surface area contributed by atoms with Crippen LogP contribution in [0.1, 0.15) is 43.4 Å². The molecule has 0 saturated heterocycles. The van der Waals surface area contributed by atoms with E-state index in [2.05, 4.69) is 16.2 Å². The van der Waals surface area contributed by atoms with Crippen LogP contribution in [-0.2, 0) is 25.5 Å². The first kappa shape index (κ1) is 28.2. The van der Waals surface area contributed by atoms with Crippen molar-refractivity contribution in [1.82, 2.24) is 16.2 Å². The molecule has 208 valence electrons. The van der Waals surface area contributed by atoms with Crippen molar-refractivity contribution in [2.45, 2.75) is 44.8 Å². The highest BCUT2D eigenvalue weighted by atomic mass is 16.6. The third-order valence-electron chi connectivity index (χ3n) is 6.23. The molecule has 4 rings (SSSR count). The first-order valence-electron chi connectivity index (χ1n) is 12.7. The molecule has 1 aliphatic rings. The standard InChI is InChI=1S/C30H31N3O7/c1-30(2,3)40-19-14-12-18(13-15-19)16-25(31-27(35)28(36)37)26(34)32-33-29(38)39-17-24-22-10-6-4-8-20(22)21-9-5-7-11-23(21)24/h4-15,24-25H,16-17H2,1-3H3,(H,31,35)(H,32,34)(H,33,38)(H,36,37)/t25-/m1/s1. The molecule has 3 amide bonds. The van der Waals surface area contributed by atoms with Crippen LogP contribution in [0.15, 0.2) is 72.8 Å². The van der Waals surface area contributed by atoms with E-state index in [1.165, 1.54) is 0 Å². The second kappa shape index (κ2) is 11.9. The number of aliphatic carboxylic acids is 1. The molecule has 0 radical (unpaired) electrons. The summed E-state index contributed by atoms with van der Waals surface area (Å²) < 4.78 is 11.2. The number of ether oxygens (including phenoxy) is 2. The van der Waals surface area contributed by atoms with E-state index in [0.29, 0.717) is 11.3 Å². The summed E-state index contributed by atoms with van der Waals surface area (Å²) in [5.41, 5.74) is 8.85. The van der Waals surface area contributed by atoms with E-state index in [-0.39, 0.29) is 18.9 Å². The Labute approximate surface area is 231 Å². The number of rotatable bonds is 7. The Morgan fingerprint density at radius 1 is 0.850 bits per heavy atom. The molecule has 0 unspecified atom stereocenters. The fourth-order valence-electron chi connectivity index (χ4n) is 4.55. The first-order chi connectivity index (χ1) is 19.0. The Morgan fingerprint density at radius 2 is 1.43 bits per heavy atom. The Morgan fingerprint density at radius 3 is 1.98 bits per heavy atom. The highest BCUT2D eigenvalue weighted by molar-refractivity contribution is 6.32. The van der Waals surface area contributed by atoms with Crippen molar-refractivity contribution in [2.24, 2.45) is 0 Å². The molecular weight excluding hydrogens is 514 g/mol. The molecule has 0 saturated carbocycles. The second-order valence-electron chi connectivity index (χ2n) is 10.3. The molecule has 0 heterocycles. The van der Waals surface area contributed by atoms with Crippen molar-refractivity contribution in [2.75, 3.05) is 6.61 Å². The molecule has 3 aromatic carbocycles. The van der Waals surface area contributed by atoms with Crippen LogP contribution in [0.2, 0.25) is 0 Å². The van der Waals surface area contributed by atoms with Gasteiger partial charge < -0.3 is 19.9 Å². The number of carbonyl (C=O) groups is 4. The van der Waals surface area contributed by atoms with Crippen LogP contribution < -0.4 is 20.9 Å². The van der Waals surface area contributed by atoms with Crippen molar-refractivity contribution in [1.29, 1.82) is 0 Å². The van der Waals surface area contributed by atoms with E-state index >= 15 is 0 Å². The van der Waals surface area contributed by atoms with E-state index < -0.39 is 35.5 Å². The van der Waals surface area contributed by atoms with Crippen molar-refractivity contribution in [3.05, 3.63) is 89.5 Å². The predicted molar refractivity (Wildman–Crippen MR) is 146 cm³/mol. The second-order valence-corrected chi connectivity index (χ2v) is 10.3. The normalized spacial score (nSPS) is 12.9. The number of nitrogens with one attached hydrogen (secondary N) is 3. The Bertz CT molecular complexity index is 1370. The Hall–Kier alpha value is -4.86. The molecule has 0 fully saturated rings. The van der Waals surface area contributed by atoms with Crippen molar-refractivity contribution in [3.8, 4) is 16.9 Å². The van der Waals surface area contributed by atoms with Gasteiger partial charge >= 0.3 is 18.0 Å². The van der Waals surface area contributed by atoms with Gasteiger partial charge in [0.2, 0.25) is 0 Å². The molecule has 4 N–H and O–H groups in total. The number of carboxylic acid groups (broad SMARTS) is 1. The summed E-state index contributed by atoms with van der Waals surface area (Å²) in [5, 5.41) is 11.2. The van der Waals surface area contributed by atoms with Gasteiger partial charge in [-0.2, -0.15) is 0 Å². The van der Waals surface area contributed by atoms with Crippen LogP contribution in [0, 0.1) is 0 Å². The third kappa shape index (κ3) is 6.96. The zero-order valence-corrected chi connectivity index (χ0v) is 22.4. The lowest BCUT2D eigenvalue weighted by Gasteiger charge is -2.22. The highest BCUT2D eigenvalue weighted by Crippen LogP contribution is 2.44. The van der Waals surface area contributed by atoms with Gasteiger partial charge in [-0.25, -0.2) is 15.0 Å². The smallest absolute Gasteiger partial charge is 0.426 e. The quantitative estimate of drug-likeness (QED) is 0.263. The van der Waals surface area contributed by atoms with E-state index in [1.807, 2.05) is 69.3 Å². The zero-order chi connectivity index (χ0) is 28.9. The average Bonchev–Trinajstić information content (AvgIpc) is 3.24. The number of fused-ring (bicyclic) bond motifs is 3. The summed E-state index contributed by atoms with van der Waals surface area (Å²) in [6.07, 6.45) is -0.935. The molecule has 40 heavy (non-hydrogen) atoms. The predicted octanol–water partition coefficient (Wildman–Crippen LogP) is 3.55. The highest BCUT2D eigenvalue weighted by Gasteiger charge is 2.29. The average molecular weight is 546 g/mol. The molecule has 3 aromatic rings. The van der Waals surface area contributed by atoms with Crippen molar-refractivity contribution >= 4 is 23.9 Å². The SMILES string of the molecule is CC(C)(C)Oc1ccc(C[C@@H](NC(=O)C(=O)O)C(=O)NNC(=O)OCC2c3ccccc3-c3ccccc32)cc1. The topological polar surface area (TPSA) is 143 Å². The van der Waals surface area contributed by atoms with E-state index in [0.717, 1.165) is 22.3 Å². The maximum absolute atomic E-state index is 12.8. The van der Waals surface area contributed by atoms with Gasteiger partial charge in [-0.3, -0.25) is 15.0 Å². The number of hydrogen-bond acceptors (Lipinski definition) is 6. The number of carbonyl (C=O) groups excluding carboxylic acids is 3. The van der Waals surface area contributed by atoms with Crippen LogP contribution in [0.3, 0.4) is 0 Å². The monoisotopic (exact) mass is 545 g/mol. The maximum Gasteiger partial charge on any atom is 0.426 e. The molecule has 10 heteroatoms. The van der Waals surface area contributed by atoms with Gasteiger partial charge in [-0.15, -0.1) is 0 Å². The van der Waals surface area contributed by atoms with Crippen LogP contribution in [0.25, 0.3) is 11.1 Å². The molecule has 0 aliphatic heterocycles. The van der Waals surface area contributed by atoms with Crippen LogP contribution in [-0.4, -0.2) is 47.2 Å². The molecule has 10 nitrogen and oxygen atoms in total. The number of amides is 3. The van der Waals surface area contributed by atoms with Crippen LogP contribution in [0.4, 0.5) is 4.79 Å². The zero-order valence-electron chi connectivity index (χ0n) is 22.4. The lowest BCUT2D eigenvalue weighted by atomic mass is 9.98. The van der Waals surface area contributed by atoms with E-state index in [1.54, 1.807) is 24.3 Å². The van der Waals surface area contributed by atoms with Gasteiger partial charge in [0.1, 0.15) is 24.0 Å². The fourth-order valence-corrected chi connectivity index (χ4v) is 4.55. The number of carboxylic acids is 1. The largest absolute Gasteiger partial charge is 0.488 e. The van der Waals surface area contributed by atoms with Gasteiger partial charge in [0.15, 0.2) is 0 Å². The molecule has 1 atom stereocenters. The maximum atomic E-state index is 12.8. The van der Waals surface area contributed by atoms with Crippen LogP contribution >= 0.6 is 0 Å². The van der Waals surface area contributed by atoms with Crippen molar-refractivity contribution < 1.29 is 33.8 Å². The van der Waals surface area contributed by atoms with Crippen LogP contribution in [0.5, 0.6) is 5.75 Å². The third-order valence-corrected chi connectivity index (χ3v) is 6.23. The lowest BCUT2D eigenvalue weighted by molar-refractivity contribution is -0.151. The Balaban J connectivity index is 1.36. The van der Waals surface area contributed by atoms with Gasteiger partial charge in [0, 0.05) is 12.3 Å². The number of hydrazine groups is 1. The van der Waals surface area contributed by atoms with E-state index in [4.69, 9.17) is 14.6 Å². The minimum atomic E-state index is -1.74. The summed E-state index contributed by atoms with van der Waals surface area (Å²) >= 11 is 0. The summed E-state index contributed by atoms with van der Waals surface area (Å²) in [6.45, 7) is 5.77. The molecule has 0 aromatic heterocycles.